The molecular weight excluding hydrogens is 172 g/mol. The Morgan fingerprint density at radius 3 is 2.92 bits per heavy atom. The molecule has 6 nitrogen and oxygen atoms in total. The molecule has 0 aliphatic rings. The predicted octanol–water partition coefficient (Wildman–Crippen LogP) is -0.642. The van der Waals surface area contributed by atoms with Gasteiger partial charge < -0.3 is 4.74 Å². The molecule has 0 radical (unpaired) electrons. The summed E-state index contributed by atoms with van der Waals surface area (Å²) in [5.41, 5.74) is 0. The summed E-state index contributed by atoms with van der Waals surface area (Å²) >= 11 is 0. The van der Waals surface area contributed by atoms with E-state index in [-0.39, 0.29) is 12.4 Å². The van der Waals surface area contributed by atoms with Gasteiger partial charge in [0.15, 0.2) is 11.6 Å². The number of aryl methyl sites for hydroxylation is 2. The Labute approximate surface area is 75.9 Å². The fraction of sp³-hybridized carbons (Fsp3) is 0.714. The first-order valence-electron chi connectivity index (χ1n) is 3.96. The molecule has 1 aromatic rings. The minimum Gasteiger partial charge on any atom is -0.377 e. The molecule has 0 aliphatic heterocycles. The third-order valence-electron chi connectivity index (χ3n) is 1.48. The zero-order valence-corrected chi connectivity index (χ0v) is 7.73. The van der Waals surface area contributed by atoms with Gasteiger partial charge in [0.2, 0.25) is 0 Å². The van der Waals surface area contributed by atoms with Crippen LogP contribution in [-0.2, 0) is 23.0 Å². The number of Topliss-reactive ketones (excluding diaryl/α,β-unsaturated/α-hetero) is 1. The van der Waals surface area contributed by atoms with E-state index in [2.05, 4.69) is 20.1 Å². The van der Waals surface area contributed by atoms with Crippen LogP contribution in [0.1, 0.15) is 12.2 Å². The molecule has 1 rings (SSSR count). The van der Waals surface area contributed by atoms with Crippen molar-refractivity contribution in [2.45, 2.75) is 12.8 Å². The topological polar surface area (TPSA) is 69.9 Å². The number of carbonyl (C=O) groups excluding carboxylic acids is 1. The van der Waals surface area contributed by atoms with Crippen LogP contribution < -0.4 is 0 Å². The lowest BCUT2D eigenvalue weighted by atomic mass is 10.2. The zero-order valence-electron chi connectivity index (χ0n) is 7.73. The molecule has 1 heterocycles. The molecule has 0 saturated carbocycles. The number of rotatable bonds is 5. The summed E-state index contributed by atoms with van der Waals surface area (Å²) in [5, 5.41) is 11.4. The normalized spacial score (nSPS) is 10.3. The van der Waals surface area contributed by atoms with Crippen molar-refractivity contribution in [1.82, 2.24) is 20.2 Å². The van der Waals surface area contributed by atoms with E-state index in [0.29, 0.717) is 18.7 Å². The Balaban J connectivity index is 2.30. The summed E-state index contributed by atoms with van der Waals surface area (Å²) in [6, 6.07) is 0. The standard InChI is InChI=1S/C7H12N4O2/c1-11-9-7(8-10-11)4-3-6(12)5-13-2/h3-5H2,1-2H3. The number of carbonyl (C=O) groups is 1. The molecule has 72 valence electrons. The first-order chi connectivity index (χ1) is 6.22. The van der Waals surface area contributed by atoms with Crippen molar-refractivity contribution in [3.8, 4) is 0 Å². The van der Waals surface area contributed by atoms with Gasteiger partial charge in [0.25, 0.3) is 0 Å². The summed E-state index contributed by atoms with van der Waals surface area (Å²) in [4.78, 5) is 12.4. The van der Waals surface area contributed by atoms with Crippen LogP contribution in [0, 0.1) is 0 Å². The van der Waals surface area contributed by atoms with Gasteiger partial charge in [-0.3, -0.25) is 4.79 Å². The second-order valence-corrected chi connectivity index (χ2v) is 2.67. The van der Waals surface area contributed by atoms with Gasteiger partial charge in [0, 0.05) is 20.0 Å². The third kappa shape index (κ3) is 3.29. The maximum absolute atomic E-state index is 11.0. The molecule has 0 fully saturated rings. The van der Waals surface area contributed by atoms with Crippen molar-refractivity contribution in [3.05, 3.63) is 5.82 Å². The van der Waals surface area contributed by atoms with Crippen molar-refractivity contribution in [2.75, 3.05) is 13.7 Å². The van der Waals surface area contributed by atoms with E-state index in [0.717, 1.165) is 0 Å². The minimum absolute atomic E-state index is 0.0509. The minimum atomic E-state index is 0.0509. The van der Waals surface area contributed by atoms with Gasteiger partial charge in [-0.2, -0.15) is 4.80 Å². The molecule has 0 saturated heterocycles. The fourth-order valence-corrected chi connectivity index (χ4v) is 0.908. The average molecular weight is 184 g/mol. The quantitative estimate of drug-likeness (QED) is 0.608. The number of hydrogen-bond donors (Lipinski definition) is 0. The van der Waals surface area contributed by atoms with Gasteiger partial charge >= 0.3 is 0 Å². The van der Waals surface area contributed by atoms with Crippen LogP contribution in [0.25, 0.3) is 0 Å². The Morgan fingerprint density at radius 1 is 1.62 bits per heavy atom. The number of ether oxygens (including phenoxy) is 1. The highest BCUT2D eigenvalue weighted by molar-refractivity contribution is 5.79. The Hall–Kier alpha value is -1.30. The highest BCUT2D eigenvalue weighted by atomic mass is 16.5. The van der Waals surface area contributed by atoms with Gasteiger partial charge in [-0.05, 0) is 5.21 Å². The maximum atomic E-state index is 11.0. The van der Waals surface area contributed by atoms with E-state index in [1.807, 2.05) is 0 Å². The van der Waals surface area contributed by atoms with E-state index >= 15 is 0 Å². The number of ketones is 1. The smallest absolute Gasteiger partial charge is 0.175 e. The van der Waals surface area contributed by atoms with E-state index in [1.165, 1.54) is 11.9 Å². The van der Waals surface area contributed by atoms with Crippen LogP contribution in [0.5, 0.6) is 0 Å². The number of nitrogens with zero attached hydrogens (tertiary/aromatic N) is 4. The molecule has 0 spiro atoms. The third-order valence-corrected chi connectivity index (χ3v) is 1.48. The highest BCUT2D eigenvalue weighted by Crippen LogP contribution is 1.94. The fourth-order valence-electron chi connectivity index (χ4n) is 0.908. The summed E-state index contributed by atoms with van der Waals surface area (Å²) in [5.74, 6) is 0.641. The summed E-state index contributed by atoms with van der Waals surface area (Å²) in [6.07, 6.45) is 0.926. The first-order valence-corrected chi connectivity index (χ1v) is 3.96. The van der Waals surface area contributed by atoms with Crippen LogP contribution in [-0.4, -0.2) is 39.7 Å². The van der Waals surface area contributed by atoms with Gasteiger partial charge in [0.1, 0.15) is 6.61 Å². The molecule has 0 amide bonds. The van der Waals surface area contributed by atoms with Crippen molar-refractivity contribution < 1.29 is 9.53 Å². The molecule has 6 heteroatoms. The van der Waals surface area contributed by atoms with Crippen LogP contribution in [0.2, 0.25) is 0 Å². The molecule has 13 heavy (non-hydrogen) atoms. The second kappa shape index (κ2) is 4.66. The molecule has 0 aromatic carbocycles. The number of tetrazole rings is 1. The Bertz CT molecular complexity index is 284. The lowest BCUT2D eigenvalue weighted by molar-refractivity contribution is -0.122. The molecule has 0 aliphatic carbocycles. The van der Waals surface area contributed by atoms with Gasteiger partial charge in [-0.15, -0.1) is 10.2 Å². The summed E-state index contributed by atoms with van der Waals surface area (Å²) in [7, 11) is 3.19. The van der Waals surface area contributed by atoms with Crippen LogP contribution in [0.15, 0.2) is 0 Å². The van der Waals surface area contributed by atoms with E-state index in [4.69, 9.17) is 0 Å². The van der Waals surface area contributed by atoms with Crippen molar-refractivity contribution in [2.24, 2.45) is 7.05 Å². The van der Waals surface area contributed by atoms with Crippen molar-refractivity contribution >= 4 is 5.78 Å². The zero-order chi connectivity index (χ0) is 9.68. The van der Waals surface area contributed by atoms with Crippen LogP contribution in [0.4, 0.5) is 0 Å². The Kier molecular flexibility index (Phi) is 3.51. The average Bonchev–Trinajstić information content (AvgIpc) is 2.49. The molecule has 0 N–H and O–H groups in total. The van der Waals surface area contributed by atoms with E-state index in [9.17, 15) is 4.79 Å². The molecule has 0 unspecified atom stereocenters. The lowest BCUT2D eigenvalue weighted by Crippen LogP contribution is -2.08. The maximum Gasteiger partial charge on any atom is 0.175 e. The second-order valence-electron chi connectivity index (χ2n) is 2.67. The van der Waals surface area contributed by atoms with Gasteiger partial charge in [-0.25, -0.2) is 0 Å². The number of methoxy groups -OCH3 is 1. The highest BCUT2D eigenvalue weighted by Gasteiger charge is 2.05. The number of hydrogen-bond acceptors (Lipinski definition) is 5. The first kappa shape index (κ1) is 9.79. The summed E-state index contributed by atoms with van der Waals surface area (Å²) in [6.45, 7) is 0.153. The monoisotopic (exact) mass is 184 g/mol. The van der Waals surface area contributed by atoms with Crippen LogP contribution >= 0.6 is 0 Å². The molecule has 1 aromatic heterocycles. The van der Waals surface area contributed by atoms with E-state index < -0.39 is 0 Å². The lowest BCUT2D eigenvalue weighted by Gasteiger charge is -1.95. The van der Waals surface area contributed by atoms with Crippen molar-refractivity contribution in [3.63, 3.8) is 0 Å². The van der Waals surface area contributed by atoms with Gasteiger partial charge in [-0.1, -0.05) is 0 Å². The largest absolute Gasteiger partial charge is 0.377 e. The molecule has 0 bridgehead atoms. The van der Waals surface area contributed by atoms with Crippen molar-refractivity contribution in [1.29, 1.82) is 0 Å². The molecular formula is C7H12N4O2. The molecule has 0 atom stereocenters. The SMILES string of the molecule is COCC(=O)CCc1nnn(C)n1. The number of aromatic nitrogens is 4. The van der Waals surface area contributed by atoms with E-state index in [1.54, 1.807) is 7.05 Å². The summed E-state index contributed by atoms with van der Waals surface area (Å²) < 4.78 is 4.69. The Morgan fingerprint density at radius 2 is 2.38 bits per heavy atom. The van der Waals surface area contributed by atoms with Crippen LogP contribution in [0.3, 0.4) is 0 Å². The predicted molar refractivity (Wildman–Crippen MR) is 44.0 cm³/mol. The van der Waals surface area contributed by atoms with Gasteiger partial charge in [0.05, 0.1) is 7.05 Å².